The van der Waals surface area contributed by atoms with E-state index in [0.29, 0.717) is 0 Å². The normalized spacial score (nSPS) is 17.6. The molecule has 0 amide bonds. The van der Waals surface area contributed by atoms with Crippen LogP contribution in [0.5, 0.6) is 0 Å². The maximum absolute atomic E-state index is 5.85. The Morgan fingerprint density at radius 2 is 1.88 bits per heavy atom. The minimum absolute atomic E-state index is 0.744. The Kier molecular flexibility index (Phi) is 5.01. The summed E-state index contributed by atoms with van der Waals surface area (Å²) in [5, 5.41) is 4.46. The van der Waals surface area contributed by atoms with Crippen LogP contribution >= 0.6 is 23.4 Å². The third-order valence-corrected chi connectivity index (χ3v) is 4.28. The first-order valence-electron chi connectivity index (χ1n) is 5.90. The summed E-state index contributed by atoms with van der Waals surface area (Å²) in [6.07, 6.45) is 3.75. The van der Waals surface area contributed by atoms with Crippen molar-refractivity contribution in [2.45, 2.75) is 25.3 Å². The predicted molar refractivity (Wildman–Crippen MR) is 73.5 cm³/mol. The number of halogens is 1. The van der Waals surface area contributed by atoms with Gasteiger partial charge in [0.05, 0.1) is 0 Å². The fourth-order valence-corrected chi connectivity index (χ4v) is 3.21. The van der Waals surface area contributed by atoms with Crippen LogP contribution in [0.4, 0.5) is 0 Å². The lowest BCUT2D eigenvalue weighted by Gasteiger charge is -2.22. The van der Waals surface area contributed by atoms with Crippen molar-refractivity contribution in [3.8, 4) is 0 Å². The second-order valence-corrected chi connectivity index (χ2v) is 5.88. The van der Waals surface area contributed by atoms with Crippen molar-refractivity contribution in [2.24, 2.45) is 0 Å². The van der Waals surface area contributed by atoms with Crippen LogP contribution in [0.25, 0.3) is 0 Å². The Bertz CT molecular complexity index is 306. The summed E-state index contributed by atoms with van der Waals surface area (Å²) >= 11 is 7.92. The number of hydrogen-bond acceptors (Lipinski definition) is 2. The molecule has 1 fully saturated rings. The van der Waals surface area contributed by atoms with Crippen molar-refractivity contribution < 1.29 is 0 Å². The summed E-state index contributed by atoms with van der Waals surface area (Å²) in [5.41, 5.74) is 1.36. The van der Waals surface area contributed by atoms with Gasteiger partial charge in [0, 0.05) is 11.1 Å². The van der Waals surface area contributed by atoms with Gasteiger partial charge in [0.25, 0.3) is 0 Å². The predicted octanol–water partition coefficient (Wildman–Crippen LogP) is 3.37. The molecular weight excluding hydrogens is 238 g/mol. The standard InChI is InChI=1S/C13H18ClNS/c14-12-3-1-11(2-4-12)5-8-15-13-6-9-16-10-7-13/h1-4,13,15H,5-10H2. The fraction of sp³-hybridized carbons (Fsp3) is 0.538. The topological polar surface area (TPSA) is 12.0 Å². The quantitative estimate of drug-likeness (QED) is 0.886. The smallest absolute Gasteiger partial charge is 0.0406 e. The highest BCUT2D eigenvalue weighted by Crippen LogP contribution is 2.17. The first-order valence-corrected chi connectivity index (χ1v) is 7.43. The third kappa shape index (κ3) is 4.00. The van der Waals surface area contributed by atoms with Gasteiger partial charge in [-0.05, 0) is 55.0 Å². The molecule has 1 N–H and O–H groups in total. The van der Waals surface area contributed by atoms with Crippen molar-refractivity contribution >= 4 is 23.4 Å². The Labute approximate surface area is 107 Å². The van der Waals surface area contributed by atoms with E-state index in [0.717, 1.165) is 24.0 Å². The summed E-state index contributed by atoms with van der Waals surface area (Å²) < 4.78 is 0. The molecule has 88 valence electrons. The van der Waals surface area contributed by atoms with Crippen molar-refractivity contribution in [1.29, 1.82) is 0 Å². The number of benzene rings is 1. The van der Waals surface area contributed by atoms with E-state index in [4.69, 9.17) is 11.6 Å². The maximum atomic E-state index is 5.85. The van der Waals surface area contributed by atoms with Gasteiger partial charge in [-0.2, -0.15) is 11.8 Å². The zero-order chi connectivity index (χ0) is 11.2. The molecule has 0 spiro atoms. The Morgan fingerprint density at radius 3 is 2.56 bits per heavy atom. The van der Waals surface area contributed by atoms with Crippen LogP contribution in [0, 0.1) is 0 Å². The van der Waals surface area contributed by atoms with Gasteiger partial charge in [-0.25, -0.2) is 0 Å². The van der Waals surface area contributed by atoms with Gasteiger partial charge in [0.1, 0.15) is 0 Å². The number of rotatable bonds is 4. The molecule has 1 aliphatic heterocycles. The lowest BCUT2D eigenvalue weighted by molar-refractivity contribution is 0.486. The van der Waals surface area contributed by atoms with Crippen LogP contribution in [-0.4, -0.2) is 24.1 Å². The molecule has 2 rings (SSSR count). The maximum Gasteiger partial charge on any atom is 0.0406 e. The van der Waals surface area contributed by atoms with E-state index in [1.807, 2.05) is 12.1 Å². The number of hydrogen-bond donors (Lipinski definition) is 1. The summed E-state index contributed by atoms with van der Waals surface area (Å²) in [5.74, 6) is 2.64. The molecule has 0 aromatic heterocycles. The van der Waals surface area contributed by atoms with E-state index >= 15 is 0 Å². The summed E-state index contributed by atoms with van der Waals surface area (Å²) in [7, 11) is 0. The molecule has 0 radical (unpaired) electrons. The van der Waals surface area contributed by atoms with Gasteiger partial charge < -0.3 is 5.32 Å². The highest BCUT2D eigenvalue weighted by molar-refractivity contribution is 7.99. The molecule has 1 heterocycles. The molecule has 0 aliphatic carbocycles. The van der Waals surface area contributed by atoms with Crippen molar-refractivity contribution in [2.75, 3.05) is 18.1 Å². The molecule has 0 atom stereocenters. The highest BCUT2D eigenvalue weighted by atomic mass is 35.5. The van der Waals surface area contributed by atoms with E-state index in [2.05, 4.69) is 29.2 Å². The molecular formula is C13H18ClNS. The molecule has 0 saturated carbocycles. The Balaban J connectivity index is 1.69. The number of nitrogens with one attached hydrogen (secondary N) is 1. The SMILES string of the molecule is Clc1ccc(CCNC2CCSCC2)cc1. The average Bonchev–Trinajstić information content (AvgIpc) is 2.33. The van der Waals surface area contributed by atoms with Crippen LogP contribution in [0.2, 0.25) is 5.02 Å². The lowest BCUT2D eigenvalue weighted by atomic mass is 10.1. The monoisotopic (exact) mass is 255 g/mol. The highest BCUT2D eigenvalue weighted by Gasteiger charge is 2.11. The number of thioether (sulfide) groups is 1. The summed E-state index contributed by atoms with van der Waals surface area (Å²) in [6, 6.07) is 8.90. The van der Waals surface area contributed by atoms with Gasteiger partial charge in [-0.15, -0.1) is 0 Å². The van der Waals surface area contributed by atoms with E-state index in [9.17, 15) is 0 Å². The van der Waals surface area contributed by atoms with E-state index in [1.165, 1.54) is 29.9 Å². The molecule has 3 heteroatoms. The second kappa shape index (κ2) is 6.53. The van der Waals surface area contributed by atoms with Gasteiger partial charge in [0.2, 0.25) is 0 Å². The van der Waals surface area contributed by atoms with Gasteiger partial charge in [-0.3, -0.25) is 0 Å². The van der Waals surface area contributed by atoms with Crippen molar-refractivity contribution in [3.63, 3.8) is 0 Å². The first kappa shape index (κ1) is 12.3. The molecule has 0 bridgehead atoms. The van der Waals surface area contributed by atoms with Crippen LogP contribution in [0.1, 0.15) is 18.4 Å². The second-order valence-electron chi connectivity index (χ2n) is 4.22. The van der Waals surface area contributed by atoms with Crippen LogP contribution in [0.3, 0.4) is 0 Å². The minimum Gasteiger partial charge on any atom is -0.314 e. The van der Waals surface area contributed by atoms with E-state index < -0.39 is 0 Å². The zero-order valence-electron chi connectivity index (χ0n) is 9.42. The summed E-state index contributed by atoms with van der Waals surface area (Å²) in [4.78, 5) is 0. The first-order chi connectivity index (χ1) is 7.84. The molecule has 1 aromatic carbocycles. The molecule has 16 heavy (non-hydrogen) atoms. The fourth-order valence-electron chi connectivity index (χ4n) is 1.97. The summed E-state index contributed by atoms with van der Waals surface area (Å²) in [6.45, 7) is 1.08. The third-order valence-electron chi connectivity index (χ3n) is 2.98. The Hall–Kier alpha value is -0.180. The zero-order valence-corrected chi connectivity index (χ0v) is 11.0. The lowest BCUT2D eigenvalue weighted by Crippen LogP contribution is -2.33. The molecule has 1 saturated heterocycles. The van der Waals surface area contributed by atoms with Gasteiger partial charge in [0.15, 0.2) is 0 Å². The van der Waals surface area contributed by atoms with Crippen LogP contribution in [-0.2, 0) is 6.42 Å². The van der Waals surface area contributed by atoms with Gasteiger partial charge in [-0.1, -0.05) is 23.7 Å². The van der Waals surface area contributed by atoms with Crippen molar-refractivity contribution in [3.05, 3.63) is 34.9 Å². The Morgan fingerprint density at radius 1 is 1.19 bits per heavy atom. The van der Waals surface area contributed by atoms with E-state index in [-0.39, 0.29) is 0 Å². The van der Waals surface area contributed by atoms with Crippen LogP contribution < -0.4 is 5.32 Å². The molecule has 1 aliphatic rings. The van der Waals surface area contributed by atoms with E-state index in [1.54, 1.807) is 0 Å². The molecule has 1 nitrogen and oxygen atoms in total. The largest absolute Gasteiger partial charge is 0.314 e. The van der Waals surface area contributed by atoms with Crippen LogP contribution in [0.15, 0.2) is 24.3 Å². The average molecular weight is 256 g/mol. The van der Waals surface area contributed by atoms with Crippen molar-refractivity contribution in [1.82, 2.24) is 5.32 Å². The molecule has 0 unspecified atom stereocenters. The van der Waals surface area contributed by atoms with Gasteiger partial charge >= 0.3 is 0 Å². The minimum atomic E-state index is 0.744. The molecule has 1 aromatic rings.